The van der Waals surface area contributed by atoms with Crippen LogP contribution in [0.4, 0.5) is 22.7 Å². The summed E-state index contributed by atoms with van der Waals surface area (Å²) in [6, 6.07) is 10.7. The zero-order valence-electron chi connectivity index (χ0n) is 17.3. The number of benzene rings is 2. The molecule has 1 aromatic heterocycles. The molecule has 2 heterocycles. The molecule has 3 aromatic rings. The molecule has 9 heteroatoms. The summed E-state index contributed by atoms with van der Waals surface area (Å²) in [6.45, 7) is 4.20. The fourth-order valence-corrected chi connectivity index (χ4v) is 3.72. The minimum atomic E-state index is -0.763. The maximum atomic E-state index is 12.5. The predicted molar refractivity (Wildman–Crippen MR) is 117 cm³/mol. The van der Waals surface area contributed by atoms with E-state index in [1.807, 2.05) is 36.1 Å². The molecule has 1 aliphatic heterocycles. The molecule has 0 saturated carbocycles. The second kappa shape index (κ2) is 8.57. The molecule has 0 spiro atoms. The zero-order chi connectivity index (χ0) is 22.0. The highest BCUT2D eigenvalue weighted by Gasteiger charge is 2.29. The molecule has 1 fully saturated rings. The smallest absolute Gasteiger partial charge is 0.345 e. The quantitative estimate of drug-likeness (QED) is 0.376. The van der Waals surface area contributed by atoms with Crippen LogP contribution in [0.5, 0.6) is 0 Å². The van der Waals surface area contributed by atoms with Crippen molar-refractivity contribution in [3.05, 3.63) is 63.8 Å². The summed E-state index contributed by atoms with van der Waals surface area (Å²) >= 11 is 0. The summed E-state index contributed by atoms with van der Waals surface area (Å²) in [5, 5.41) is 16.0. The Morgan fingerprint density at radius 2 is 2.00 bits per heavy atom. The first kappa shape index (κ1) is 20.5. The number of rotatable bonds is 5. The Labute approximate surface area is 178 Å². The van der Waals surface area contributed by atoms with Gasteiger partial charge in [0.25, 0.3) is 0 Å². The zero-order valence-corrected chi connectivity index (χ0v) is 17.3. The van der Waals surface area contributed by atoms with Gasteiger partial charge < -0.3 is 19.7 Å². The number of anilines is 3. The van der Waals surface area contributed by atoms with Crippen molar-refractivity contribution in [2.45, 2.75) is 6.92 Å². The van der Waals surface area contributed by atoms with Crippen molar-refractivity contribution in [1.82, 2.24) is 4.98 Å². The molecule has 1 saturated heterocycles. The maximum absolute atomic E-state index is 12.5. The molecule has 0 amide bonds. The maximum Gasteiger partial charge on any atom is 0.345 e. The normalized spacial score (nSPS) is 13.8. The summed E-state index contributed by atoms with van der Waals surface area (Å²) in [4.78, 5) is 30.3. The minimum Gasteiger partial charge on any atom is -0.465 e. The van der Waals surface area contributed by atoms with Gasteiger partial charge in [-0.05, 0) is 30.7 Å². The monoisotopic (exact) mass is 422 g/mol. The number of nitrogens with zero attached hydrogens (tertiary/aromatic N) is 3. The van der Waals surface area contributed by atoms with Gasteiger partial charge in [0.15, 0.2) is 0 Å². The summed E-state index contributed by atoms with van der Waals surface area (Å²) in [5.41, 5.74) is 2.75. The number of carbonyl (C=O) groups is 1. The highest BCUT2D eigenvalue weighted by atomic mass is 16.6. The third kappa shape index (κ3) is 3.99. The second-order valence-electron chi connectivity index (χ2n) is 7.20. The first-order valence-electron chi connectivity index (χ1n) is 9.84. The van der Waals surface area contributed by atoms with E-state index in [0.29, 0.717) is 37.7 Å². The summed E-state index contributed by atoms with van der Waals surface area (Å²) in [7, 11) is 1.21. The Morgan fingerprint density at radius 1 is 1.26 bits per heavy atom. The summed E-state index contributed by atoms with van der Waals surface area (Å²) in [5.74, 6) is -0.763. The number of pyridine rings is 1. The van der Waals surface area contributed by atoms with E-state index in [1.54, 1.807) is 12.3 Å². The van der Waals surface area contributed by atoms with Gasteiger partial charge in [-0.1, -0.05) is 18.2 Å². The number of aromatic nitrogens is 1. The molecule has 160 valence electrons. The lowest BCUT2D eigenvalue weighted by Gasteiger charge is -2.29. The van der Waals surface area contributed by atoms with Crippen LogP contribution in [0.1, 0.15) is 15.9 Å². The average molecular weight is 422 g/mol. The number of esters is 1. The average Bonchev–Trinajstić information content (AvgIpc) is 2.80. The Balaban J connectivity index is 1.90. The molecule has 1 N–H and O–H groups in total. The molecule has 1 aliphatic rings. The van der Waals surface area contributed by atoms with Crippen molar-refractivity contribution in [1.29, 1.82) is 0 Å². The van der Waals surface area contributed by atoms with Gasteiger partial charge in [-0.3, -0.25) is 15.1 Å². The van der Waals surface area contributed by atoms with Crippen LogP contribution in [0.25, 0.3) is 10.9 Å². The van der Waals surface area contributed by atoms with E-state index in [0.717, 1.165) is 16.5 Å². The number of nitrogens with one attached hydrogen (secondary N) is 1. The first-order chi connectivity index (χ1) is 15.0. The fraction of sp³-hybridized carbons (Fsp3) is 0.273. The highest BCUT2D eigenvalue weighted by molar-refractivity contribution is 6.01. The number of carbonyl (C=O) groups excluding carboxylic acids is 1. The number of nitro groups is 1. The van der Waals surface area contributed by atoms with E-state index in [4.69, 9.17) is 9.47 Å². The number of nitro benzene ring substituents is 1. The van der Waals surface area contributed by atoms with E-state index in [9.17, 15) is 14.9 Å². The molecule has 0 bridgehead atoms. The fourth-order valence-electron chi connectivity index (χ4n) is 3.72. The third-order valence-corrected chi connectivity index (χ3v) is 5.28. The van der Waals surface area contributed by atoms with Crippen LogP contribution in [-0.4, -0.2) is 49.3 Å². The first-order valence-corrected chi connectivity index (χ1v) is 9.84. The number of para-hydroxylation sites is 1. The van der Waals surface area contributed by atoms with Crippen molar-refractivity contribution in [3.63, 3.8) is 0 Å². The predicted octanol–water partition coefficient (Wildman–Crippen LogP) is 3.82. The van der Waals surface area contributed by atoms with Gasteiger partial charge in [0.1, 0.15) is 11.3 Å². The lowest BCUT2D eigenvalue weighted by Crippen LogP contribution is -2.36. The van der Waals surface area contributed by atoms with Crippen molar-refractivity contribution in [2.24, 2.45) is 0 Å². The van der Waals surface area contributed by atoms with Crippen LogP contribution >= 0.6 is 0 Å². The van der Waals surface area contributed by atoms with E-state index in [1.165, 1.54) is 13.2 Å². The molecule has 0 atom stereocenters. The molecule has 9 nitrogen and oxygen atoms in total. The number of fused-ring (bicyclic) bond motifs is 1. The summed E-state index contributed by atoms with van der Waals surface area (Å²) in [6.07, 6.45) is 1.71. The van der Waals surface area contributed by atoms with E-state index in [2.05, 4.69) is 10.3 Å². The SMILES string of the molecule is COC(=O)c1cc(N2CCOCC2)cc(Nc2c(C)cnc3ccccc23)c1[N+](=O)[O-]. The largest absolute Gasteiger partial charge is 0.465 e. The van der Waals surface area contributed by atoms with Crippen LogP contribution in [0.15, 0.2) is 42.6 Å². The van der Waals surface area contributed by atoms with Crippen molar-refractivity contribution in [3.8, 4) is 0 Å². The number of methoxy groups -OCH3 is 1. The van der Waals surface area contributed by atoms with Gasteiger partial charge in [0.2, 0.25) is 0 Å². The number of morpholine rings is 1. The number of ether oxygens (including phenoxy) is 2. The Hall–Kier alpha value is -3.72. The molecule has 4 rings (SSSR count). The highest BCUT2D eigenvalue weighted by Crippen LogP contribution is 2.38. The van der Waals surface area contributed by atoms with Gasteiger partial charge in [-0.2, -0.15) is 0 Å². The van der Waals surface area contributed by atoms with E-state index < -0.39 is 10.9 Å². The number of aryl methyl sites for hydroxylation is 1. The van der Waals surface area contributed by atoms with Gasteiger partial charge in [0.05, 0.1) is 36.5 Å². The van der Waals surface area contributed by atoms with Crippen molar-refractivity contribution < 1.29 is 19.2 Å². The molecule has 0 aliphatic carbocycles. The van der Waals surface area contributed by atoms with Crippen LogP contribution < -0.4 is 10.2 Å². The van der Waals surface area contributed by atoms with Crippen molar-refractivity contribution >= 4 is 39.6 Å². The van der Waals surface area contributed by atoms with E-state index in [-0.39, 0.29) is 16.9 Å². The topological polar surface area (TPSA) is 107 Å². The Morgan fingerprint density at radius 3 is 2.71 bits per heavy atom. The number of hydrogen-bond acceptors (Lipinski definition) is 8. The van der Waals surface area contributed by atoms with Gasteiger partial charge in [-0.25, -0.2) is 4.79 Å². The Kier molecular flexibility index (Phi) is 5.68. The minimum absolute atomic E-state index is 0.102. The number of hydrogen-bond donors (Lipinski definition) is 1. The molecule has 2 aromatic carbocycles. The standard InChI is InChI=1S/C22H22N4O5/c1-14-13-23-18-6-4-3-5-16(18)20(14)24-19-12-15(25-7-9-31-10-8-25)11-17(22(27)30-2)21(19)26(28)29/h3-6,11-13H,7-10H2,1-2H3,(H,23,24). The van der Waals surface area contributed by atoms with Crippen LogP contribution in [-0.2, 0) is 9.47 Å². The van der Waals surface area contributed by atoms with Crippen molar-refractivity contribution in [2.75, 3.05) is 43.6 Å². The van der Waals surface area contributed by atoms with Crippen LogP contribution in [0, 0.1) is 17.0 Å². The lowest BCUT2D eigenvalue weighted by atomic mass is 10.1. The Bertz CT molecular complexity index is 1160. The third-order valence-electron chi connectivity index (χ3n) is 5.28. The van der Waals surface area contributed by atoms with Crippen LogP contribution in [0.2, 0.25) is 0 Å². The van der Waals surface area contributed by atoms with Crippen LogP contribution in [0.3, 0.4) is 0 Å². The van der Waals surface area contributed by atoms with Gasteiger partial charge in [-0.15, -0.1) is 0 Å². The van der Waals surface area contributed by atoms with Gasteiger partial charge in [0, 0.05) is 30.4 Å². The molecule has 31 heavy (non-hydrogen) atoms. The second-order valence-corrected chi connectivity index (χ2v) is 7.20. The van der Waals surface area contributed by atoms with E-state index >= 15 is 0 Å². The molecular formula is C22H22N4O5. The molecule has 0 radical (unpaired) electrons. The lowest BCUT2D eigenvalue weighted by molar-refractivity contribution is -0.384. The molecule has 0 unspecified atom stereocenters. The molecular weight excluding hydrogens is 400 g/mol. The summed E-state index contributed by atoms with van der Waals surface area (Å²) < 4.78 is 10.3. The van der Waals surface area contributed by atoms with Gasteiger partial charge >= 0.3 is 11.7 Å².